The smallest absolute Gasteiger partial charge is 0.179 e. The predicted octanol–water partition coefficient (Wildman–Crippen LogP) is 3.23. The first-order valence-corrected chi connectivity index (χ1v) is 10.1. The Kier molecular flexibility index (Phi) is 6.67. The first-order chi connectivity index (χ1) is 12.3. The molecule has 0 aromatic heterocycles. The lowest BCUT2D eigenvalue weighted by atomic mass is 10.1. The fourth-order valence-electron chi connectivity index (χ4n) is 2.88. The maximum atomic E-state index is 12.7. The monoisotopic (exact) mass is 377 g/mol. The number of ether oxygens (including phenoxy) is 2. The van der Waals surface area contributed by atoms with Gasteiger partial charge in [0, 0.05) is 18.7 Å². The lowest BCUT2D eigenvalue weighted by Gasteiger charge is -2.20. The van der Waals surface area contributed by atoms with Crippen molar-refractivity contribution in [2.45, 2.75) is 25.3 Å². The zero-order chi connectivity index (χ0) is 19.3. The van der Waals surface area contributed by atoms with Crippen LogP contribution in [-0.2, 0) is 16.4 Å². The summed E-state index contributed by atoms with van der Waals surface area (Å²) in [5, 5.41) is 0. The van der Waals surface area contributed by atoms with Gasteiger partial charge in [0.25, 0.3) is 0 Å². The summed E-state index contributed by atoms with van der Waals surface area (Å²) in [7, 11) is 1.78. The molecule has 0 saturated heterocycles. The van der Waals surface area contributed by atoms with Gasteiger partial charge in [0.15, 0.2) is 21.3 Å². The molecule has 2 aromatic carbocycles. The fourth-order valence-corrected chi connectivity index (χ4v) is 4.57. The van der Waals surface area contributed by atoms with Gasteiger partial charge < -0.3 is 14.4 Å². The van der Waals surface area contributed by atoms with Gasteiger partial charge in [0.05, 0.1) is 24.9 Å². The molecule has 0 heterocycles. The number of hydrogen-bond acceptors (Lipinski definition) is 5. The number of para-hydroxylation sites is 1. The Balaban J connectivity index is 2.09. The van der Waals surface area contributed by atoms with E-state index in [1.807, 2.05) is 56.1 Å². The molecule has 2 aromatic rings. The van der Waals surface area contributed by atoms with E-state index in [1.54, 1.807) is 20.3 Å². The Bertz CT molecular complexity index is 862. The van der Waals surface area contributed by atoms with Crippen LogP contribution in [0.4, 0.5) is 0 Å². The summed E-state index contributed by atoms with van der Waals surface area (Å²) >= 11 is 0. The van der Waals surface area contributed by atoms with Gasteiger partial charge >= 0.3 is 0 Å². The molecule has 6 heteroatoms. The van der Waals surface area contributed by atoms with Crippen LogP contribution in [-0.4, -0.2) is 46.9 Å². The minimum atomic E-state index is -3.33. The predicted molar refractivity (Wildman–Crippen MR) is 104 cm³/mol. The van der Waals surface area contributed by atoms with E-state index < -0.39 is 9.84 Å². The highest BCUT2D eigenvalue weighted by atomic mass is 32.2. The van der Waals surface area contributed by atoms with Crippen LogP contribution in [0.1, 0.15) is 16.7 Å². The third-order valence-corrected chi connectivity index (χ3v) is 6.18. The number of hydrogen-bond donors (Lipinski definition) is 0. The van der Waals surface area contributed by atoms with Crippen LogP contribution in [0.3, 0.4) is 0 Å². The van der Waals surface area contributed by atoms with Gasteiger partial charge in [-0.2, -0.15) is 0 Å². The molecule has 0 aliphatic carbocycles. The Morgan fingerprint density at radius 2 is 1.77 bits per heavy atom. The molecule has 0 fully saturated rings. The molecule has 0 spiro atoms. The second-order valence-electron chi connectivity index (χ2n) is 6.48. The summed E-state index contributed by atoms with van der Waals surface area (Å²) in [4.78, 5) is 2.39. The van der Waals surface area contributed by atoms with Crippen molar-refractivity contribution in [1.82, 2.24) is 4.90 Å². The molecule has 2 rings (SSSR count). The highest BCUT2D eigenvalue weighted by Crippen LogP contribution is 2.31. The Hall–Kier alpha value is -2.05. The minimum Gasteiger partial charge on any atom is -0.493 e. The molecule has 0 aliphatic rings. The van der Waals surface area contributed by atoms with Gasteiger partial charge in [0.2, 0.25) is 0 Å². The molecule has 142 valence electrons. The molecule has 0 unspecified atom stereocenters. The molecule has 0 bridgehead atoms. The zero-order valence-corrected chi connectivity index (χ0v) is 16.9. The summed E-state index contributed by atoms with van der Waals surface area (Å²) in [6, 6.07) is 11.2. The largest absolute Gasteiger partial charge is 0.493 e. The summed E-state index contributed by atoms with van der Waals surface area (Å²) in [6.07, 6.45) is 0. The van der Waals surface area contributed by atoms with Gasteiger partial charge in [-0.15, -0.1) is 0 Å². The van der Waals surface area contributed by atoms with Crippen molar-refractivity contribution in [3.05, 3.63) is 53.1 Å². The van der Waals surface area contributed by atoms with Crippen molar-refractivity contribution in [3.63, 3.8) is 0 Å². The minimum absolute atomic E-state index is 0.0695. The first-order valence-electron chi connectivity index (χ1n) is 8.47. The van der Waals surface area contributed by atoms with E-state index in [1.165, 1.54) is 0 Å². The van der Waals surface area contributed by atoms with Crippen molar-refractivity contribution in [1.29, 1.82) is 0 Å². The van der Waals surface area contributed by atoms with E-state index in [9.17, 15) is 8.42 Å². The summed E-state index contributed by atoms with van der Waals surface area (Å²) < 4.78 is 36.2. The first kappa shape index (κ1) is 20.3. The van der Waals surface area contributed by atoms with Gasteiger partial charge in [-0.05, 0) is 44.2 Å². The molecule has 0 saturated carbocycles. The number of methoxy groups -OCH3 is 2. The van der Waals surface area contributed by atoms with E-state index >= 15 is 0 Å². The van der Waals surface area contributed by atoms with Gasteiger partial charge in [0.1, 0.15) is 0 Å². The van der Waals surface area contributed by atoms with E-state index in [0.29, 0.717) is 29.5 Å². The van der Waals surface area contributed by atoms with Crippen molar-refractivity contribution >= 4 is 9.84 Å². The summed E-state index contributed by atoms with van der Waals surface area (Å²) in [6.45, 7) is 4.73. The van der Waals surface area contributed by atoms with E-state index in [4.69, 9.17) is 9.47 Å². The molecule has 0 N–H and O–H groups in total. The van der Waals surface area contributed by atoms with Gasteiger partial charge in [-0.3, -0.25) is 0 Å². The van der Waals surface area contributed by atoms with Crippen LogP contribution >= 0.6 is 0 Å². The Morgan fingerprint density at radius 3 is 2.42 bits per heavy atom. The quantitative estimate of drug-likeness (QED) is 0.707. The van der Waals surface area contributed by atoms with Crippen molar-refractivity contribution in [3.8, 4) is 11.5 Å². The third-order valence-electron chi connectivity index (χ3n) is 4.35. The molecule has 5 nitrogen and oxygen atoms in total. The van der Waals surface area contributed by atoms with E-state index in [0.717, 1.165) is 16.7 Å². The van der Waals surface area contributed by atoms with Gasteiger partial charge in [-0.25, -0.2) is 8.42 Å². The maximum absolute atomic E-state index is 12.7. The SMILES string of the molecule is COc1cccc(CN(C)CCS(=O)(=O)c2cc(C)ccc2C)c1OC. The Morgan fingerprint density at radius 1 is 1.04 bits per heavy atom. The number of sulfone groups is 1. The standard InChI is InChI=1S/C20H27NO4S/c1-15-9-10-16(2)19(13-15)26(22,23)12-11-21(3)14-17-7-6-8-18(24-4)20(17)25-5/h6-10,13H,11-12,14H2,1-5H3. The van der Waals surface area contributed by atoms with Crippen LogP contribution in [0, 0.1) is 13.8 Å². The highest BCUT2D eigenvalue weighted by Gasteiger charge is 2.19. The maximum Gasteiger partial charge on any atom is 0.179 e. The number of rotatable bonds is 8. The van der Waals surface area contributed by atoms with Crippen molar-refractivity contribution in [2.75, 3.05) is 33.6 Å². The van der Waals surface area contributed by atoms with Crippen LogP contribution in [0.2, 0.25) is 0 Å². The van der Waals surface area contributed by atoms with E-state index in [2.05, 4.69) is 0 Å². The number of benzene rings is 2. The van der Waals surface area contributed by atoms with Crippen molar-refractivity contribution in [2.24, 2.45) is 0 Å². The average molecular weight is 378 g/mol. The fraction of sp³-hybridized carbons (Fsp3) is 0.400. The molecular weight excluding hydrogens is 350 g/mol. The molecule has 0 amide bonds. The van der Waals surface area contributed by atoms with Crippen LogP contribution < -0.4 is 9.47 Å². The third kappa shape index (κ3) is 4.77. The second-order valence-corrected chi connectivity index (χ2v) is 8.56. The molecule has 0 radical (unpaired) electrons. The van der Waals surface area contributed by atoms with Crippen LogP contribution in [0.5, 0.6) is 11.5 Å². The topological polar surface area (TPSA) is 55.8 Å². The molecule has 0 aliphatic heterocycles. The molecule has 0 atom stereocenters. The normalized spacial score (nSPS) is 11.6. The van der Waals surface area contributed by atoms with Crippen LogP contribution in [0.25, 0.3) is 0 Å². The lowest BCUT2D eigenvalue weighted by Crippen LogP contribution is -2.26. The van der Waals surface area contributed by atoms with Crippen LogP contribution in [0.15, 0.2) is 41.3 Å². The number of aryl methyl sites for hydroxylation is 2. The highest BCUT2D eigenvalue weighted by molar-refractivity contribution is 7.91. The number of nitrogens with zero attached hydrogens (tertiary/aromatic N) is 1. The molecular formula is C20H27NO4S. The Labute approximate surface area is 156 Å². The zero-order valence-electron chi connectivity index (χ0n) is 16.1. The lowest BCUT2D eigenvalue weighted by molar-refractivity contribution is 0.321. The molecule has 26 heavy (non-hydrogen) atoms. The second kappa shape index (κ2) is 8.56. The summed E-state index contributed by atoms with van der Waals surface area (Å²) in [5.41, 5.74) is 2.69. The van der Waals surface area contributed by atoms with Gasteiger partial charge in [-0.1, -0.05) is 24.3 Å². The van der Waals surface area contributed by atoms with E-state index in [-0.39, 0.29) is 5.75 Å². The summed E-state index contributed by atoms with van der Waals surface area (Å²) in [5.74, 6) is 1.42. The van der Waals surface area contributed by atoms with Crippen molar-refractivity contribution < 1.29 is 17.9 Å². The average Bonchev–Trinajstić information content (AvgIpc) is 2.61.